The minimum atomic E-state index is -0.342. The third-order valence-corrected chi connectivity index (χ3v) is 4.17. The number of carbonyl (C=O) groups is 2. The van der Waals surface area contributed by atoms with E-state index in [0.29, 0.717) is 28.3 Å². The molecule has 0 unspecified atom stereocenters. The summed E-state index contributed by atoms with van der Waals surface area (Å²) in [6.45, 7) is 1.78. The smallest absolute Gasteiger partial charge is 0.271 e. The Morgan fingerprint density at radius 3 is 2.61 bits per heavy atom. The number of benzene rings is 2. The number of amides is 2. The van der Waals surface area contributed by atoms with E-state index in [1.165, 1.54) is 25.7 Å². The first-order valence-electron chi connectivity index (χ1n) is 9.46. The Kier molecular flexibility index (Phi) is 7.31. The van der Waals surface area contributed by atoms with Crippen LogP contribution in [0.4, 0.5) is 5.69 Å². The quantitative estimate of drug-likeness (QED) is 0.432. The van der Waals surface area contributed by atoms with Crippen molar-refractivity contribution in [1.82, 2.24) is 10.4 Å². The molecule has 0 spiro atoms. The highest BCUT2D eigenvalue weighted by Gasteiger charge is 2.09. The maximum atomic E-state index is 12.1. The fraction of sp³-hybridized carbons (Fsp3) is 0.130. The standard InChI is InChI=1S/C23H22N4O4/c1-16-4-3-5-19(12-16)26-22(28)15-31-20-7-6-17(13-21(20)30-2)14-25-27-23(29)18-8-10-24-11-9-18/h3-14H,15H2,1-2H3,(H,26,28)(H,27,29)/b25-14+. The molecule has 31 heavy (non-hydrogen) atoms. The predicted molar refractivity (Wildman–Crippen MR) is 118 cm³/mol. The topological polar surface area (TPSA) is 102 Å². The third-order valence-electron chi connectivity index (χ3n) is 4.17. The maximum absolute atomic E-state index is 12.1. The zero-order valence-corrected chi connectivity index (χ0v) is 17.2. The van der Waals surface area contributed by atoms with Crippen molar-refractivity contribution in [2.75, 3.05) is 19.0 Å². The highest BCUT2D eigenvalue weighted by atomic mass is 16.5. The number of hydrogen-bond acceptors (Lipinski definition) is 6. The molecular weight excluding hydrogens is 396 g/mol. The summed E-state index contributed by atoms with van der Waals surface area (Å²) in [7, 11) is 1.50. The van der Waals surface area contributed by atoms with Crippen molar-refractivity contribution < 1.29 is 19.1 Å². The van der Waals surface area contributed by atoms with Crippen LogP contribution in [0.3, 0.4) is 0 Å². The Bertz CT molecular complexity index is 1080. The van der Waals surface area contributed by atoms with Crippen LogP contribution >= 0.6 is 0 Å². The molecule has 8 heteroatoms. The van der Waals surface area contributed by atoms with Crippen molar-refractivity contribution in [3.8, 4) is 11.5 Å². The van der Waals surface area contributed by atoms with E-state index in [4.69, 9.17) is 9.47 Å². The molecule has 8 nitrogen and oxygen atoms in total. The maximum Gasteiger partial charge on any atom is 0.271 e. The summed E-state index contributed by atoms with van der Waals surface area (Å²) in [6.07, 6.45) is 4.54. The van der Waals surface area contributed by atoms with Crippen molar-refractivity contribution in [3.05, 3.63) is 83.7 Å². The molecule has 0 aliphatic heterocycles. The highest BCUT2D eigenvalue weighted by molar-refractivity contribution is 5.94. The van der Waals surface area contributed by atoms with Crippen molar-refractivity contribution in [2.45, 2.75) is 6.92 Å². The van der Waals surface area contributed by atoms with Crippen LogP contribution in [-0.2, 0) is 4.79 Å². The van der Waals surface area contributed by atoms with Gasteiger partial charge in [-0.3, -0.25) is 14.6 Å². The summed E-state index contributed by atoms with van der Waals surface area (Å²) in [4.78, 5) is 28.0. The summed E-state index contributed by atoms with van der Waals surface area (Å²) < 4.78 is 10.9. The van der Waals surface area contributed by atoms with E-state index in [-0.39, 0.29) is 18.4 Å². The van der Waals surface area contributed by atoms with Crippen LogP contribution in [0.1, 0.15) is 21.5 Å². The molecule has 158 valence electrons. The molecule has 2 aromatic carbocycles. The van der Waals surface area contributed by atoms with E-state index in [2.05, 4.69) is 20.8 Å². The molecule has 0 atom stereocenters. The first-order valence-corrected chi connectivity index (χ1v) is 9.46. The molecule has 1 heterocycles. The minimum absolute atomic E-state index is 0.167. The first-order chi connectivity index (χ1) is 15.0. The largest absolute Gasteiger partial charge is 0.493 e. The van der Waals surface area contributed by atoms with Crippen LogP contribution in [0, 0.1) is 6.92 Å². The number of nitrogens with one attached hydrogen (secondary N) is 2. The van der Waals surface area contributed by atoms with E-state index < -0.39 is 0 Å². The van der Waals surface area contributed by atoms with E-state index in [1.54, 1.807) is 30.3 Å². The molecule has 0 aliphatic carbocycles. The number of anilines is 1. The summed E-state index contributed by atoms with van der Waals surface area (Å²) in [5.74, 6) is 0.231. The van der Waals surface area contributed by atoms with Gasteiger partial charge in [-0.15, -0.1) is 0 Å². The summed E-state index contributed by atoms with van der Waals surface area (Å²) in [6, 6.07) is 15.8. The lowest BCUT2D eigenvalue weighted by atomic mass is 10.2. The molecule has 3 rings (SSSR count). The lowest BCUT2D eigenvalue weighted by molar-refractivity contribution is -0.118. The Balaban J connectivity index is 1.56. The average molecular weight is 418 g/mol. The second-order valence-electron chi connectivity index (χ2n) is 6.55. The second kappa shape index (κ2) is 10.5. The Labute approximate surface area is 179 Å². The van der Waals surface area contributed by atoms with Gasteiger partial charge in [0.1, 0.15) is 0 Å². The van der Waals surface area contributed by atoms with Crippen LogP contribution in [0.2, 0.25) is 0 Å². The van der Waals surface area contributed by atoms with Crippen LogP contribution in [0.15, 0.2) is 72.1 Å². The number of ether oxygens (including phenoxy) is 2. The van der Waals surface area contributed by atoms with Crippen LogP contribution in [-0.4, -0.2) is 36.7 Å². The molecule has 2 N–H and O–H groups in total. The Morgan fingerprint density at radius 2 is 1.87 bits per heavy atom. The summed E-state index contributed by atoms with van der Waals surface area (Å²) >= 11 is 0. The normalized spacial score (nSPS) is 10.5. The summed E-state index contributed by atoms with van der Waals surface area (Å²) in [5, 5.41) is 6.73. The van der Waals surface area contributed by atoms with Gasteiger partial charge in [-0.2, -0.15) is 5.10 Å². The van der Waals surface area contributed by atoms with Gasteiger partial charge in [-0.25, -0.2) is 5.43 Å². The van der Waals surface area contributed by atoms with E-state index >= 15 is 0 Å². The monoisotopic (exact) mass is 418 g/mol. The molecule has 3 aromatic rings. The number of rotatable bonds is 8. The fourth-order valence-corrected chi connectivity index (χ4v) is 2.68. The van der Waals surface area contributed by atoms with E-state index in [1.807, 2.05) is 31.2 Å². The van der Waals surface area contributed by atoms with Crippen molar-refractivity contribution in [1.29, 1.82) is 0 Å². The number of hydrogen-bond donors (Lipinski definition) is 2. The minimum Gasteiger partial charge on any atom is -0.493 e. The molecule has 0 bridgehead atoms. The molecule has 2 amide bonds. The fourth-order valence-electron chi connectivity index (χ4n) is 2.68. The first kappa shape index (κ1) is 21.5. The zero-order valence-electron chi connectivity index (χ0n) is 17.2. The van der Waals surface area contributed by atoms with Gasteiger partial charge in [0.2, 0.25) is 0 Å². The van der Waals surface area contributed by atoms with Gasteiger partial charge < -0.3 is 14.8 Å². The van der Waals surface area contributed by atoms with Crippen LogP contribution < -0.4 is 20.2 Å². The van der Waals surface area contributed by atoms with Crippen molar-refractivity contribution in [3.63, 3.8) is 0 Å². The van der Waals surface area contributed by atoms with Gasteiger partial charge in [-0.05, 0) is 60.5 Å². The SMILES string of the molecule is COc1cc(/C=N/NC(=O)c2ccncc2)ccc1OCC(=O)Nc1cccc(C)c1. The number of pyridine rings is 1. The number of aryl methyl sites for hydroxylation is 1. The van der Waals surface area contributed by atoms with Gasteiger partial charge in [0.15, 0.2) is 18.1 Å². The highest BCUT2D eigenvalue weighted by Crippen LogP contribution is 2.27. The number of nitrogens with zero attached hydrogens (tertiary/aromatic N) is 2. The van der Waals surface area contributed by atoms with Gasteiger partial charge in [0.25, 0.3) is 11.8 Å². The predicted octanol–water partition coefficient (Wildman–Crippen LogP) is 3.18. The molecule has 0 saturated carbocycles. The Morgan fingerprint density at radius 1 is 1.06 bits per heavy atom. The number of aromatic nitrogens is 1. The summed E-state index contributed by atoms with van der Waals surface area (Å²) in [5.41, 5.74) is 5.34. The second-order valence-corrected chi connectivity index (χ2v) is 6.55. The molecule has 0 saturated heterocycles. The lowest BCUT2D eigenvalue weighted by Gasteiger charge is -2.11. The number of carbonyl (C=O) groups excluding carboxylic acids is 2. The van der Waals surface area contributed by atoms with Crippen molar-refractivity contribution >= 4 is 23.7 Å². The van der Waals surface area contributed by atoms with E-state index in [0.717, 1.165) is 5.56 Å². The van der Waals surface area contributed by atoms with Gasteiger partial charge in [-0.1, -0.05) is 12.1 Å². The Hall–Kier alpha value is -4.20. The molecule has 1 aromatic heterocycles. The van der Waals surface area contributed by atoms with Gasteiger partial charge in [0, 0.05) is 23.6 Å². The zero-order chi connectivity index (χ0) is 22.1. The molecular formula is C23H22N4O4. The average Bonchev–Trinajstić information content (AvgIpc) is 2.78. The molecule has 0 radical (unpaired) electrons. The van der Waals surface area contributed by atoms with Crippen LogP contribution in [0.25, 0.3) is 0 Å². The molecule has 0 aliphatic rings. The number of hydrazone groups is 1. The van der Waals surface area contributed by atoms with E-state index in [9.17, 15) is 9.59 Å². The number of methoxy groups -OCH3 is 1. The lowest BCUT2D eigenvalue weighted by Crippen LogP contribution is -2.20. The third kappa shape index (κ3) is 6.40. The van der Waals surface area contributed by atoms with Crippen molar-refractivity contribution in [2.24, 2.45) is 5.10 Å². The van der Waals surface area contributed by atoms with Gasteiger partial charge >= 0.3 is 0 Å². The molecule has 0 fully saturated rings. The van der Waals surface area contributed by atoms with Gasteiger partial charge in [0.05, 0.1) is 13.3 Å². The van der Waals surface area contributed by atoms with Crippen LogP contribution in [0.5, 0.6) is 11.5 Å².